The molecule has 2 amide bonds. The monoisotopic (exact) mass is 382 g/mol. The second-order valence-electron chi connectivity index (χ2n) is 6.12. The predicted molar refractivity (Wildman–Crippen MR) is 98.8 cm³/mol. The lowest BCUT2D eigenvalue weighted by molar-refractivity contribution is -0.119. The number of amides is 2. The van der Waals surface area contributed by atoms with E-state index in [0.29, 0.717) is 49.1 Å². The van der Waals surface area contributed by atoms with E-state index in [1.165, 1.54) is 6.92 Å². The Labute approximate surface area is 159 Å². The maximum Gasteiger partial charge on any atom is 0.288 e. The summed E-state index contributed by atoms with van der Waals surface area (Å²) >= 11 is 0. The number of hydrogen-bond acceptors (Lipinski definition) is 8. The zero-order valence-corrected chi connectivity index (χ0v) is 15.1. The number of imidazole rings is 1. The van der Waals surface area contributed by atoms with E-state index >= 15 is 0 Å². The minimum Gasteiger partial charge on any atom is -0.378 e. The first-order valence-electron chi connectivity index (χ1n) is 8.68. The summed E-state index contributed by atoms with van der Waals surface area (Å²) in [6.07, 6.45) is 5.02. The van der Waals surface area contributed by atoms with E-state index in [1.54, 1.807) is 35.4 Å². The second-order valence-corrected chi connectivity index (χ2v) is 6.12. The number of nitrogens with zero attached hydrogens (tertiary/aromatic N) is 6. The number of nitrogens with one attached hydrogen (secondary N) is 2. The smallest absolute Gasteiger partial charge is 0.288 e. The number of carbonyl (C=O) groups excluding carboxylic acids is 2. The molecule has 3 aromatic rings. The Morgan fingerprint density at radius 1 is 1.11 bits per heavy atom. The van der Waals surface area contributed by atoms with E-state index in [1.807, 2.05) is 0 Å². The summed E-state index contributed by atoms with van der Waals surface area (Å²) in [5.74, 6) is 0.176. The fourth-order valence-corrected chi connectivity index (χ4v) is 2.81. The molecule has 28 heavy (non-hydrogen) atoms. The number of hydrazine groups is 1. The summed E-state index contributed by atoms with van der Waals surface area (Å²) in [5.41, 5.74) is 5.80. The highest BCUT2D eigenvalue weighted by molar-refractivity contribution is 5.97. The highest BCUT2D eigenvalue weighted by atomic mass is 16.5. The molecular formula is C17H18N8O3. The van der Waals surface area contributed by atoms with Gasteiger partial charge in [-0.1, -0.05) is 0 Å². The van der Waals surface area contributed by atoms with Gasteiger partial charge in [0.15, 0.2) is 5.82 Å². The van der Waals surface area contributed by atoms with Crippen LogP contribution in [0.4, 0.5) is 5.82 Å². The first kappa shape index (κ1) is 17.8. The van der Waals surface area contributed by atoms with Crippen molar-refractivity contribution in [3.05, 3.63) is 36.5 Å². The highest BCUT2D eigenvalue weighted by Gasteiger charge is 2.20. The van der Waals surface area contributed by atoms with Crippen LogP contribution in [0.3, 0.4) is 0 Å². The lowest BCUT2D eigenvalue weighted by Gasteiger charge is -2.28. The van der Waals surface area contributed by atoms with Gasteiger partial charge in [0, 0.05) is 32.4 Å². The van der Waals surface area contributed by atoms with Crippen molar-refractivity contribution in [3.63, 3.8) is 0 Å². The molecule has 1 aliphatic heterocycles. The molecule has 4 heterocycles. The van der Waals surface area contributed by atoms with Crippen LogP contribution in [0.2, 0.25) is 0 Å². The van der Waals surface area contributed by atoms with Gasteiger partial charge in [0.1, 0.15) is 17.5 Å². The van der Waals surface area contributed by atoms with Crippen LogP contribution in [-0.2, 0) is 9.53 Å². The van der Waals surface area contributed by atoms with E-state index in [4.69, 9.17) is 4.74 Å². The minimum atomic E-state index is -0.524. The summed E-state index contributed by atoms with van der Waals surface area (Å²) in [6.45, 7) is 3.76. The van der Waals surface area contributed by atoms with Crippen molar-refractivity contribution >= 4 is 28.7 Å². The van der Waals surface area contributed by atoms with E-state index < -0.39 is 5.91 Å². The standard InChI is InChI=1S/C17H18N8O3/c1-11(26)22-23-16(27)13-3-2-12-14(19-13)15(24-6-8-28-9-7-24)21-17(20-12)25-5-4-18-10-25/h2-5,10H,6-9H2,1H3,(H,22,26)(H,23,27). The van der Waals surface area contributed by atoms with Crippen LogP contribution < -0.4 is 15.8 Å². The Morgan fingerprint density at radius 3 is 2.64 bits per heavy atom. The van der Waals surface area contributed by atoms with Crippen molar-refractivity contribution in [2.24, 2.45) is 0 Å². The molecule has 3 aromatic heterocycles. The molecule has 0 bridgehead atoms. The first-order chi connectivity index (χ1) is 13.6. The molecule has 11 heteroatoms. The van der Waals surface area contributed by atoms with Crippen molar-refractivity contribution in [3.8, 4) is 5.95 Å². The Kier molecular flexibility index (Phi) is 4.81. The van der Waals surface area contributed by atoms with Crippen molar-refractivity contribution in [2.75, 3.05) is 31.2 Å². The fraction of sp³-hybridized carbons (Fsp3) is 0.294. The quantitative estimate of drug-likeness (QED) is 0.598. The molecule has 0 atom stereocenters. The molecule has 0 saturated carbocycles. The summed E-state index contributed by atoms with van der Waals surface area (Å²) < 4.78 is 7.14. The number of pyridine rings is 1. The maximum absolute atomic E-state index is 12.3. The van der Waals surface area contributed by atoms with Gasteiger partial charge in [-0.2, -0.15) is 4.98 Å². The van der Waals surface area contributed by atoms with Gasteiger partial charge in [0.05, 0.1) is 18.7 Å². The number of fused-ring (bicyclic) bond motifs is 1. The van der Waals surface area contributed by atoms with Gasteiger partial charge in [0.25, 0.3) is 5.91 Å². The first-order valence-corrected chi connectivity index (χ1v) is 8.68. The molecule has 144 valence electrons. The Balaban J connectivity index is 1.79. The molecule has 0 unspecified atom stereocenters. The van der Waals surface area contributed by atoms with Crippen molar-refractivity contribution in [1.29, 1.82) is 0 Å². The zero-order chi connectivity index (χ0) is 19.5. The van der Waals surface area contributed by atoms with Gasteiger partial charge in [-0.3, -0.25) is 25.0 Å². The normalized spacial score (nSPS) is 14.1. The number of carbonyl (C=O) groups is 2. The lowest BCUT2D eigenvalue weighted by Crippen LogP contribution is -2.40. The minimum absolute atomic E-state index is 0.148. The van der Waals surface area contributed by atoms with Gasteiger partial charge in [-0.15, -0.1) is 0 Å². The van der Waals surface area contributed by atoms with Gasteiger partial charge in [0.2, 0.25) is 11.9 Å². The summed E-state index contributed by atoms with van der Waals surface area (Å²) in [6, 6.07) is 3.25. The summed E-state index contributed by atoms with van der Waals surface area (Å²) in [7, 11) is 0. The Morgan fingerprint density at radius 2 is 1.93 bits per heavy atom. The molecule has 11 nitrogen and oxygen atoms in total. The summed E-state index contributed by atoms with van der Waals surface area (Å²) in [5, 5.41) is 0. The fourth-order valence-electron chi connectivity index (χ4n) is 2.81. The maximum atomic E-state index is 12.3. The molecule has 0 aromatic carbocycles. The third-order valence-corrected chi connectivity index (χ3v) is 4.14. The predicted octanol–water partition coefficient (Wildman–Crippen LogP) is -0.172. The number of hydrogen-bond donors (Lipinski definition) is 2. The van der Waals surface area contributed by atoms with Gasteiger partial charge < -0.3 is 9.64 Å². The molecule has 1 fully saturated rings. The third kappa shape index (κ3) is 3.60. The molecule has 0 aliphatic carbocycles. The van der Waals surface area contributed by atoms with Crippen molar-refractivity contribution in [1.82, 2.24) is 35.4 Å². The SMILES string of the molecule is CC(=O)NNC(=O)c1ccc2nc(-n3ccnc3)nc(N3CCOCC3)c2n1. The molecule has 1 aliphatic rings. The van der Waals surface area contributed by atoms with Crippen LogP contribution in [0.25, 0.3) is 17.0 Å². The Hall–Kier alpha value is -3.60. The topological polar surface area (TPSA) is 127 Å². The molecule has 4 rings (SSSR count). The lowest BCUT2D eigenvalue weighted by atomic mass is 10.2. The van der Waals surface area contributed by atoms with E-state index in [2.05, 4.69) is 35.7 Å². The van der Waals surface area contributed by atoms with Crippen LogP contribution >= 0.6 is 0 Å². The average molecular weight is 382 g/mol. The Bertz CT molecular complexity index is 1010. The van der Waals surface area contributed by atoms with Gasteiger partial charge >= 0.3 is 0 Å². The number of rotatable bonds is 3. The van der Waals surface area contributed by atoms with E-state index in [-0.39, 0.29) is 11.6 Å². The number of anilines is 1. The van der Waals surface area contributed by atoms with Gasteiger partial charge in [-0.05, 0) is 12.1 Å². The van der Waals surface area contributed by atoms with Crippen LogP contribution in [0.1, 0.15) is 17.4 Å². The third-order valence-electron chi connectivity index (χ3n) is 4.14. The molecular weight excluding hydrogens is 364 g/mol. The summed E-state index contributed by atoms with van der Waals surface area (Å²) in [4.78, 5) is 43.0. The number of ether oxygens (including phenoxy) is 1. The largest absolute Gasteiger partial charge is 0.378 e. The van der Waals surface area contributed by atoms with Gasteiger partial charge in [-0.25, -0.2) is 15.0 Å². The van der Waals surface area contributed by atoms with Crippen LogP contribution in [-0.4, -0.2) is 62.6 Å². The van der Waals surface area contributed by atoms with Crippen LogP contribution in [0.15, 0.2) is 30.9 Å². The van der Waals surface area contributed by atoms with E-state index in [9.17, 15) is 9.59 Å². The van der Waals surface area contributed by atoms with Crippen molar-refractivity contribution in [2.45, 2.75) is 6.92 Å². The number of morpholine rings is 1. The second kappa shape index (κ2) is 7.56. The highest BCUT2D eigenvalue weighted by Crippen LogP contribution is 2.24. The van der Waals surface area contributed by atoms with E-state index in [0.717, 1.165) is 0 Å². The number of aromatic nitrogens is 5. The zero-order valence-electron chi connectivity index (χ0n) is 15.1. The molecule has 0 radical (unpaired) electrons. The molecule has 0 spiro atoms. The van der Waals surface area contributed by atoms with Crippen LogP contribution in [0.5, 0.6) is 0 Å². The van der Waals surface area contributed by atoms with Crippen molar-refractivity contribution < 1.29 is 14.3 Å². The molecule has 2 N–H and O–H groups in total. The van der Waals surface area contributed by atoms with Crippen LogP contribution in [0, 0.1) is 0 Å². The molecule has 1 saturated heterocycles. The average Bonchev–Trinajstić information content (AvgIpc) is 3.26.